The number of hydrogen-bond donors (Lipinski definition) is 1. The number of nitrogens with zero attached hydrogens (tertiary/aromatic N) is 2. The summed E-state index contributed by atoms with van der Waals surface area (Å²) in [6.45, 7) is 7.85. The molecule has 1 aromatic carbocycles. The number of nitrogens with one attached hydrogen (secondary N) is 1. The van der Waals surface area contributed by atoms with E-state index in [0.29, 0.717) is 12.6 Å². The van der Waals surface area contributed by atoms with Gasteiger partial charge in [0.25, 0.3) is 0 Å². The average Bonchev–Trinajstić information content (AvgIpc) is 2.57. The molecule has 1 aliphatic heterocycles. The first-order valence-corrected chi connectivity index (χ1v) is 9.36. The van der Waals surface area contributed by atoms with Crippen LogP contribution in [0.15, 0.2) is 18.2 Å². The highest BCUT2D eigenvalue weighted by molar-refractivity contribution is 5.78. The summed E-state index contributed by atoms with van der Waals surface area (Å²) in [4.78, 5) is 17.1. The minimum absolute atomic E-state index is 0.0764. The van der Waals surface area contributed by atoms with Gasteiger partial charge in [-0.2, -0.15) is 0 Å². The van der Waals surface area contributed by atoms with Crippen LogP contribution in [-0.2, 0) is 17.6 Å². The molecule has 0 unspecified atom stereocenters. The van der Waals surface area contributed by atoms with Crippen LogP contribution in [0.3, 0.4) is 0 Å². The molecule has 1 saturated heterocycles. The third-order valence-corrected chi connectivity index (χ3v) is 5.56. The first-order valence-electron chi connectivity index (χ1n) is 9.36. The fourth-order valence-corrected chi connectivity index (χ4v) is 3.99. The quantitative estimate of drug-likeness (QED) is 0.921. The number of benzene rings is 1. The Morgan fingerprint density at radius 1 is 1.25 bits per heavy atom. The van der Waals surface area contributed by atoms with Crippen molar-refractivity contribution in [2.24, 2.45) is 0 Å². The molecule has 4 heteroatoms. The van der Waals surface area contributed by atoms with Gasteiger partial charge in [-0.05, 0) is 63.3 Å². The third kappa shape index (κ3) is 4.17. The maximum Gasteiger partial charge on any atom is 0.234 e. The van der Waals surface area contributed by atoms with E-state index < -0.39 is 0 Å². The number of aryl methyl sites for hydroxylation is 2. The number of likely N-dealkylation sites (N-methyl/N-ethyl adjacent to an activating group) is 1. The van der Waals surface area contributed by atoms with Crippen molar-refractivity contribution in [3.05, 3.63) is 34.9 Å². The smallest absolute Gasteiger partial charge is 0.234 e. The molecule has 0 radical (unpaired) electrons. The van der Waals surface area contributed by atoms with Crippen LogP contribution < -0.4 is 5.32 Å². The molecule has 0 spiro atoms. The first-order chi connectivity index (χ1) is 11.5. The van der Waals surface area contributed by atoms with E-state index in [4.69, 9.17) is 0 Å². The zero-order chi connectivity index (χ0) is 17.1. The lowest BCUT2D eigenvalue weighted by Gasteiger charge is -2.37. The molecule has 1 fully saturated rings. The minimum atomic E-state index is 0.0764. The maximum absolute atomic E-state index is 12.4. The first kappa shape index (κ1) is 17.4. The topological polar surface area (TPSA) is 35.6 Å². The molecule has 2 aliphatic rings. The van der Waals surface area contributed by atoms with Crippen LogP contribution in [0.4, 0.5) is 0 Å². The van der Waals surface area contributed by atoms with Crippen LogP contribution in [0, 0.1) is 0 Å². The number of carbonyl (C=O) groups excluding carboxylic acids is 1. The fourth-order valence-electron chi connectivity index (χ4n) is 3.99. The number of piperazine rings is 1. The van der Waals surface area contributed by atoms with Crippen molar-refractivity contribution < 1.29 is 4.79 Å². The van der Waals surface area contributed by atoms with Crippen molar-refractivity contribution in [1.29, 1.82) is 0 Å². The van der Waals surface area contributed by atoms with Crippen LogP contribution in [0.1, 0.15) is 49.4 Å². The maximum atomic E-state index is 12.4. The Balaban J connectivity index is 1.56. The van der Waals surface area contributed by atoms with Gasteiger partial charge in [-0.1, -0.05) is 18.2 Å². The summed E-state index contributed by atoms with van der Waals surface area (Å²) in [5.74, 6) is 0.136. The molecule has 0 bridgehead atoms. The van der Waals surface area contributed by atoms with Crippen LogP contribution in [0.25, 0.3) is 0 Å². The number of fused-ring (bicyclic) bond motifs is 1. The Bertz CT molecular complexity index is 586. The number of carbonyl (C=O) groups is 1. The molecule has 132 valence electrons. The van der Waals surface area contributed by atoms with E-state index >= 15 is 0 Å². The Kier molecular flexibility index (Phi) is 5.57. The summed E-state index contributed by atoms with van der Waals surface area (Å²) in [7, 11) is 2.14. The molecule has 24 heavy (non-hydrogen) atoms. The predicted molar refractivity (Wildman–Crippen MR) is 98.2 cm³/mol. The fraction of sp³-hybridized carbons (Fsp3) is 0.650. The van der Waals surface area contributed by atoms with Crippen molar-refractivity contribution in [3.63, 3.8) is 0 Å². The summed E-state index contributed by atoms with van der Waals surface area (Å²) >= 11 is 0. The van der Waals surface area contributed by atoms with Gasteiger partial charge in [-0.25, -0.2) is 0 Å². The molecule has 1 aliphatic carbocycles. The summed E-state index contributed by atoms with van der Waals surface area (Å²) in [5.41, 5.74) is 4.21. The average molecular weight is 329 g/mol. The molecule has 0 aromatic heterocycles. The van der Waals surface area contributed by atoms with Crippen LogP contribution in [-0.4, -0.2) is 55.0 Å². The van der Waals surface area contributed by atoms with Gasteiger partial charge in [-0.3, -0.25) is 9.69 Å². The summed E-state index contributed by atoms with van der Waals surface area (Å²) < 4.78 is 0. The van der Waals surface area contributed by atoms with E-state index in [1.54, 1.807) is 0 Å². The van der Waals surface area contributed by atoms with Gasteiger partial charge in [0.05, 0.1) is 12.6 Å². The summed E-state index contributed by atoms with van der Waals surface area (Å²) in [6.07, 6.45) is 4.99. The lowest BCUT2D eigenvalue weighted by molar-refractivity contribution is -0.124. The van der Waals surface area contributed by atoms with E-state index in [-0.39, 0.29) is 11.9 Å². The van der Waals surface area contributed by atoms with Gasteiger partial charge in [0.2, 0.25) is 5.91 Å². The predicted octanol–water partition coefficient (Wildman–Crippen LogP) is 2.38. The second-order valence-electron chi connectivity index (χ2n) is 7.61. The largest absolute Gasteiger partial charge is 0.348 e. The highest BCUT2D eigenvalue weighted by Crippen LogP contribution is 2.24. The second kappa shape index (κ2) is 7.66. The lowest BCUT2D eigenvalue weighted by Crippen LogP contribution is -2.53. The van der Waals surface area contributed by atoms with Crippen molar-refractivity contribution in [3.8, 4) is 0 Å². The molecule has 4 nitrogen and oxygen atoms in total. The Morgan fingerprint density at radius 2 is 2.00 bits per heavy atom. The van der Waals surface area contributed by atoms with Gasteiger partial charge in [0.15, 0.2) is 0 Å². The monoisotopic (exact) mass is 329 g/mol. The molecule has 1 N–H and O–H groups in total. The molecule has 3 rings (SSSR count). The molecule has 2 atom stereocenters. The van der Waals surface area contributed by atoms with E-state index in [2.05, 4.69) is 54.2 Å². The van der Waals surface area contributed by atoms with E-state index in [9.17, 15) is 4.79 Å². The van der Waals surface area contributed by atoms with E-state index in [0.717, 1.165) is 19.6 Å². The molecule has 0 saturated carbocycles. The van der Waals surface area contributed by atoms with Crippen molar-refractivity contribution in [2.45, 2.75) is 51.6 Å². The van der Waals surface area contributed by atoms with Crippen LogP contribution in [0.5, 0.6) is 0 Å². The molecule has 1 aromatic rings. The number of rotatable bonds is 4. The van der Waals surface area contributed by atoms with Gasteiger partial charge in [0.1, 0.15) is 0 Å². The Labute approximate surface area is 146 Å². The molecule has 1 heterocycles. The third-order valence-electron chi connectivity index (χ3n) is 5.56. The second-order valence-corrected chi connectivity index (χ2v) is 7.61. The van der Waals surface area contributed by atoms with Crippen molar-refractivity contribution in [2.75, 3.05) is 33.2 Å². The zero-order valence-corrected chi connectivity index (χ0v) is 15.3. The van der Waals surface area contributed by atoms with Crippen LogP contribution >= 0.6 is 0 Å². The van der Waals surface area contributed by atoms with E-state index in [1.165, 1.54) is 42.4 Å². The molecule has 1 amide bonds. The SMILES string of the molecule is C[C@@H](NC(=O)CN1CCN(C)C[C@@H]1C)c1ccc2c(c1)CCCC2. The van der Waals surface area contributed by atoms with Crippen molar-refractivity contribution >= 4 is 5.91 Å². The highest BCUT2D eigenvalue weighted by Gasteiger charge is 2.24. The van der Waals surface area contributed by atoms with Gasteiger partial charge < -0.3 is 10.2 Å². The summed E-state index contributed by atoms with van der Waals surface area (Å²) in [6, 6.07) is 7.27. The van der Waals surface area contributed by atoms with Gasteiger partial charge in [0, 0.05) is 25.7 Å². The molecular weight excluding hydrogens is 298 g/mol. The minimum Gasteiger partial charge on any atom is -0.348 e. The molecular formula is C20H31N3O. The van der Waals surface area contributed by atoms with E-state index in [1.807, 2.05) is 0 Å². The van der Waals surface area contributed by atoms with Gasteiger partial charge >= 0.3 is 0 Å². The Hall–Kier alpha value is -1.39. The summed E-state index contributed by atoms with van der Waals surface area (Å²) in [5, 5.41) is 3.19. The number of hydrogen-bond acceptors (Lipinski definition) is 3. The van der Waals surface area contributed by atoms with Crippen LogP contribution in [0.2, 0.25) is 0 Å². The van der Waals surface area contributed by atoms with Gasteiger partial charge in [-0.15, -0.1) is 0 Å². The highest BCUT2D eigenvalue weighted by atomic mass is 16.2. The Morgan fingerprint density at radius 3 is 2.75 bits per heavy atom. The standard InChI is InChI=1S/C20H31N3O/c1-15-13-22(3)10-11-23(15)14-20(24)21-16(2)18-9-8-17-6-4-5-7-19(17)12-18/h8-9,12,15-16H,4-7,10-11,13-14H2,1-3H3,(H,21,24)/t15-,16+/m0/s1. The number of amides is 1. The zero-order valence-electron chi connectivity index (χ0n) is 15.3. The normalized spacial score (nSPS) is 23.5. The van der Waals surface area contributed by atoms with Crippen molar-refractivity contribution in [1.82, 2.24) is 15.1 Å². The lowest BCUT2D eigenvalue weighted by atomic mass is 9.89.